The van der Waals surface area contributed by atoms with E-state index in [-0.39, 0.29) is 18.1 Å². The zero-order chi connectivity index (χ0) is 27.9. The van der Waals surface area contributed by atoms with Gasteiger partial charge >= 0.3 is 0 Å². The highest BCUT2D eigenvalue weighted by molar-refractivity contribution is 6.01. The normalized spacial score (nSPS) is 16.0. The van der Waals surface area contributed by atoms with Crippen molar-refractivity contribution in [1.82, 2.24) is 19.7 Å². The number of hydrogen-bond donors (Lipinski definition) is 1. The first-order chi connectivity index (χ1) is 19.4. The number of nitrogens with one attached hydrogen (secondary N) is 1. The Morgan fingerprint density at radius 1 is 1.07 bits per heavy atom. The van der Waals surface area contributed by atoms with Gasteiger partial charge in [0.15, 0.2) is 5.78 Å². The first kappa shape index (κ1) is 25.7. The molecule has 2 aliphatic rings. The Morgan fingerprint density at radius 2 is 1.90 bits per heavy atom. The molecule has 10 heteroatoms. The van der Waals surface area contributed by atoms with Gasteiger partial charge in [0.1, 0.15) is 34.4 Å². The van der Waals surface area contributed by atoms with Crippen molar-refractivity contribution < 1.29 is 23.8 Å². The van der Waals surface area contributed by atoms with E-state index in [0.29, 0.717) is 60.0 Å². The van der Waals surface area contributed by atoms with Crippen LogP contribution in [0.1, 0.15) is 47.0 Å². The fraction of sp³-hybridized carbons (Fsp3) is 0.333. The number of benzene rings is 2. The van der Waals surface area contributed by atoms with Crippen LogP contribution in [-0.4, -0.2) is 64.3 Å². The number of ether oxygens (including phenoxy) is 3. The van der Waals surface area contributed by atoms with Gasteiger partial charge in [0.25, 0.3) is 5.91 Å². The number of hydrogen-bond acceptors (Lipinski definition) is 8. The number of piperidine rings is 1. The molecular weight excluding hydrogens is 510 g/mol. The van der Waals surface area contributed by atoms with Crippen LogP contribution in [0.25, 0.3) is 10.9 Å². The summed E-state index contributed by atoms with van der Waals surface area (Å²) in [6, 6.07) is 14.6. The smallest absolute Gasteiger partial charge is 0.272 e. The molecule has 1 spiro atoms. The lowest BCUT2D eigenvalue weighted by molar-refractivity contribution is -0.00583. The van der Waals surface area contributed by atoms with Crippen LogP contribution in [0.3, 0.4) is 0 Å². The van der Waals surface area contributed by atoms with Gasteiger partial charge in [0.2, 0.25) is 0 Å². The standard InChI is InChI=1S/C30H31N5O5/c1-4-35-28(9-12-31-35)32-19-5-8-26-22(15-19)25(36)18-30(40-26)10-13-34(14-11-30)29(37)24-17-27(39-3)21-16-20(38-2)6-7-23(21)33-24/h5-9,12,15-17,32H,4,10-11,13-14,18H2,1-3H3. The van der Waals surface area contributed by atoms with E-state index in [1.54, 1.807) is 31.4 Å². The molecule has 206 valence electrons. The monoisotopic (exact) mass is 541 g/mol. The van der Waals surface area contributed by atoms with Crippen LogP contribution < -0.4 is 19.5 Å². The Bertz CT molecular complexity index is 1610. The second kappa shape index (κ2) is 10.2. The number of fused-ring (bicyclic) bond motifs is 2. The molecule has 0 aliphatic carbocycles. The van der Waals surface area contributed by atoms with Crippen LogP contribution in [-0.2, 0) is 6.54 Å². The number of nitrogens with zero attached hydrogens (tertiary/aromatic N) is 4. The summed E-state index contributed by atoms with van der Waals surface area (Å²) in [5.74, 6) is 2.57. The third-order valence-corrected chi connectivity index (χ3v) is 7.76. The Hall–Kier alpha value is -4.60. The van der Waals surface area contributed by atoms with Gasteiger partial charge in [0, 0.05) is 55.7 Å². The van der Waals surface area contributed by atoms with E-state index in [2.05, 4.69) is 15.4 Å². The van der Waals surface area contributed by atoms with Gasteiger partial charge < -0.3 is 24.4 Å². The minimum atomic E-state index is -0.623. The maximum Gasteiger partial charge on any atom is 0.272 e. The van der Waals surface area contributed by atoms with E-state index < -0.39 is 5.60 Å². The lowest BCUT2D eigenvalue weighted by atomic mass is 9.82. The van der Waals surface area contributed by atoms with Crippen molar-refractivity contribution in [3.05, 3.63) is 66.0 Å². The molecule has 1 saturated heterocycles. The number of ketones is 1. The largest absolute Gasteiger partial charge is 0.497 e. The van der Waals surface area contributed by atoms with Crippen molar-refractivity contribution in [2.45, 2.75) is 38.3 Å². The molecule has 0 unspecified atom stereocenters. The van der Waals surface area contributed by atoms with Gasteiger partial charge in [-0.25, -0.2) is 9.67 Å². The quantitative estimate of drug-likeness (QED) is 0.369. The average molecular weight is 542 g/mol. The van der Waals surface area contributed by atoms with Crippen molar-refractivity contribution in [3.63, 3.8) is 0 Å². The van der Waals surface area contributed by atoms with Crippen LogP contribution >= 0.6 is 0 Å². The van der Waals surface area contributed by atoms with Gasteiger partial charge in [-0.3, -0.25) is 9.59 Å². The molecule has 4 heterocycles. The number of aryl methyl sites for hydroxylation is 1. The minimum Gasteiger partial charge on any atom is -0.497 e. The number of carbonyl (C=O) groups excluding carboxylic acids is 2. The number of aromatic nitrogens is 3. The summed E-state index contributed by atoms with van der Waals surface area (Å²) in [4.78, 5) is 33.1. The van der Waals surface area contributed by atoms with Crippen molar-refractivity contribution >= 4 is 34.1 Å². The molecule has 10 nitrogen and oxygen atoms in total. The first-order valence-corrected chi connectivity index (χ1v) is 13.4. The molecule has 1 amide bonds. The highest BCUT2D eigenvalue weighted by Crippen LogP contribution is 2.41. The lowest BCUT2D eigenvalue weighted by Gasteiger charge is -2.44. The molecule has 1 fully saturated rings. The van der Waals surface area contributed by atoms with Gasteiger partial charge in [-0.15, -0.1) is 0 Å². The summed E-state index contributed by atoms with van der Waals surface area (Å²) >= 11 is 0. The summed E-state index contributed by atoms with van der Waals surface area (Å²) in [5.41, 5.74) is 1.73. The summed E-state index contributed by atoms with van der Waals surface area (Å²) in [7, 11) is 3.17. The highest BCUT2D eigenvalue weighted by Gasteiger charge is 2.44. The minimum absolute atomic E-state index is 0.0463. The number of anilines is 2. The second-order valence-corrected chi connectivity index (χ2v) is 10.1. The van der Waals surface area contributed by atoms with Crippen LogP contribution in [0.2, 0.25) is 0 Å². The molecule has 2 aromatic carbocycles. The van der Waals surface area contributed by atoms with Crippen molar-refractivity contribution in [1.29, 1.82) is 0 Å². The van der Waals surface area contributed by atoms with E-state index >= 15 is 0 Å². The average Bonchev–Trinajstić information content (AvgIpc) is 3.43. The molecule has 2 aromatic heterocycles. The van der Waals surface area contributed by atoms with E-state index in [0.717, 1.165) is 23.4 Å². The van der Waals surface area contributed by atoms with Crippen LogP contribution in [0.5, 0.6) is 17.2 Å². The number of amides is 1. The third kappa shape index (κ3) is 4.59. The molecule has 6 rings (SSSR count). The topological polar surface area (TPSA) is 108 Å². The Balaban J connectivity index is 1.16. The molecule has 0 saturated carbocycles. The predicted octanol–water partition coefficient (Wildman–Crippen LogP) is 4.85. The van der Waals surface area contributed by atoms with Gasteiger partial charge in [-0.05, 0) is 43.3 Å². The molecule has 0 atom stereocenters. The van der Waals surface area contributed by atoms with Crippen molar-refractivity contribution in [3.8, 4) is 17.2 Å². The van der Waals surface area contributed by atoms with Crippen LogP contribution in [0, 0.1) is 0 Å². The van der Waals surface area contributed by atoms with E-state index in [1.165, 1.54) is 0 Å². The molecule has 1 N–H and O–H groups in total. The van der Waals surface area contributed by atoms with Gasteiger partial charge in [-0.2, -0.15) is 5.10 Å². The number of pyridine rings is 1. The van der Waals surface area contributed by atoms with E-state index in [1.807, 2.05) is 54.1 Å². The van der Waals surface area contributed by atoms with Crippen LogP contribution in [0.4, 0.5) is 11.5 Å². The second-order valence-electron chi connectivity index (χ2n) is 10.1. The number of likely N-dealkylation sites (tertiary alicyclic amines) is 1. The summed E-state index contributed by atoms with van der Waals surface area (Å²) in [6.45, 7) is 3.69. The third-order valence-electron chi connectivity index (χ3n) is 7.76. The summed E-state index contributed by atoms with van der Waals surface area (Å²) in [5, 5.41) is 8.38. The molecule has 0 radical (unpaired) electrons. The number of Topliss-reactive ketones (excluding diaryl/α,β-unsaturated/α-hetero) is 1. The molecule has 40 heavy (non-hydrogen) atoms. The molecule has 0 bridgehead atoms. The Kier molecular flexibility index (Phi) is 6.53. The fourth-order valence-electron chi connectivity index (χ4n) is 5.55. The molecular formula is C30H31N5O5. The maximum absolute atomic E-state index is 13.4. The summed E-state index contributed by atoms with van der Waals surface area (Å²) in [6.07, 6.45) is 3.13. The fourth-order valence-corrected chi connectivity index (χ4v) is 5.55. The number of carbonyl (C=O) groups is 2. The number of methoxy groups -OCH3 is 2. The highest BCUT2D eigenvalue weighted by atomic mass is 16.5. The SMILES string of the molecule is CCn1nccc1Nc1ccc2c(c1)C(=O)CC1(CCN(C(=O)c3cc(OC)c4cc(OC)ccc4n3)CC1)O2. The zero-order valence-corrected chi connectivity index (χ0v) is 22.8. The molecule has 4 aromatic rings. The Morgan fingerprint density at radius 3 is 2.65 bits per heavy atom. The molecule has 2 aliphatic heterocycles. The first-order valence-electron chi connectivity index (χ1n) is 13.4. The van der Waals surface area contributed by atoms with Crippen LogP contribution in [0.15, 0.2) is 54.7 Å². The van der Waals surface area contributed by atoms with Crippen molar-refractivity contribution in [2.75, 3.05) is 32.6 Å². The van der Waals surface area contributed by atoms with Crippen molar-refractivity contribution in [2.24, 2.45) is 0 Å². The van der Waals surface area contributed by atoms with Gasteiger partial charge in [-0.1, -0.05) is 0 Å². The Labute approximate surface area is 231 Å². The summed E-state index contributed by atoms with van der Waals surface area (Å²) < 4.78 is 19.2. The van der Waals surface area contributed by atoms with E-state index in [9.17, 15) is 9.59 Å². The maximum atomic E-state index is 13.4. The van der Waals surface area contributed by atoms with Gasteiger partial charge in [0.05, 0.1) is 37.9 Å². The predicted molar refractivity (Wildman–Crippen MR) is 150 cm³/mol. The van der Waals surface area contributed by atoms with E-state index in [4.69, 9.17) is 14.2 Å². The number of rotatable bonds is 6. The lowest BCUT2D eigenvalue weighted by Crippen LogP contribution is -2.52. The zero-order valence-electron chi connectivity index (χ0n) is 22.8.